The van der Waals surface area contributed by atoms with E-state index >= 15 is 0 Å². The van der Waals surface area contributed by atoms with Gasteiger partial charge in [-0.15, -0.1) is 0 Å². The molecular weight excluding hydrogens is 516 g/mol. The molecule has 0 aliphatic carbocycles. The van der Waals surface area contributed by atoms with Crippen LogP contribution in [0.25, 0.3) is 0 Å². The van der Waals surface area contributed by atoms with Crippen molar-refractivity contribution in [3.63, 3.8) is 0 Å². The fraction of sp³-hybridized carbons (Fsp3) is 0.300. The van der Waals surface area contributed by atoms with E-state index in [9.17, 15) is 50.0 Å². The number of nitro groups is 4. The Kier molecular flexibility index (Phi) is 7.64. The molecule has 0 saturated carbocycles. The Bertz CT molecular complexity index is 1270. The molecule has 1 aliphatic rings. The van der Waals surface area contributed by atoms with Gasteiger partial charge in [-0.1, -0.05) is 0 Å². The second-order valence-corrected chi connectivity index (χ2v) is 7.87. The lowest BCUT2D eigenvalue weighted by Crippen LogP contribution is -2.62. The van der Waals surface area contributed by atoms with Gasteiger partial charge < -0.3 is 20.1 Å². The van der Waals surface area contributed by atoms with E-state index in [4.69, 9.17) is 9.47 Å². The second-order valence-electron chi connectivity index (χ2n) is 7.87. The summed E-state index contributed by atoms with van der Waals surface area (Å²) in [6.45, 7) is 0. The zero-order valence-electron chi connectivity index (χ0n) is 19.6. The van der Waals surface area contributed by atoms with Crippen LogP contribution in [0.2, 0.25) is 0 Å². The quantitative estimate of drug-likeness (QED) is 0.321. The molecule has 1 aliphatic heterocycles. The first-order valence-corrected chi connectivity index (χ1v) is 10.5. The van der Waals surface area contributed by atoms with Crippen LogP contribution in [0.4, 0.5) is 22.7 Å². The largest absolute Gasteiger partial charge is 0.490 e. The van der Waals surface area contributed by atoms with Gasteiger partial charge in [-0.05, 0) is 0 Å². The number of benzene rings is 2. The van der Waals surface area contributed by atoms with Crippen LogP contribution in [0.3, 0.4) is 0 Å². The fourth-order valence-corrected chi connectivity index (χ4v) is 3.97. The molecule has 0 spiro atoms. The summed E-state index contributed by atoms with van der Waals surface area (Å²) in [7, 11) is 2.19. The molecule has 18 nitrogen and oxygen atoms in total. The van der Waals surface area contributed by atoms with E-state index in [1.807, 2.05) is 0 Å². The number of piperazine rings is 1. The number of ether oxygens (including phenoxy) is 2. The summed E-state index contributed by atoms with van der Waals surface area (Å²) in [5.41, 5.74) is -2.88. The average Bonchev–Trinajstić information content (AvgIpc) is 2.85. The van der Waals surface area contributed by atoms with Crippen molar-refractivity contribution in [3.8, 4) is 11.5 Å². The van der Waals surface area contributed by atoms with Gasteiger partial charge in [0.05, 0.1) is 46.0 Å². The van der Waals surface area contributed by atoms with Crippen LogP contribution in [-0.2, 0) is 22.4 Å². The number of nitro benzene ring substituents is 4. The summed E-state index contributed by atoms with van der Waals surface area (Å²) in [5.74, 6) is -2.24. The molecule has 38 heavy (non-hydrogen) atoms. The Morgan fingerprint density at radius 1 is 0.658 bits per heavy atom. The monoisotopic (exact) mass is 534 g/mol. The maximum absolute atomic E-state index is 12.8. The van der Waals surface area contributed by atoms with Crippen molar-refractivity contribution in [2.75, 3.05) is 14.2 Å². The van der Waals surface area contributed by atoms with Gasteiger partial charge in [0.15, 0.2) is 0 Å². The highest BCUT2D eigenvalue weighted by Crippen LogP contribution is 2.37. The molecular formula is C20H18N6O12. The number of carbonyl (C=O) groups excluding carboxylic acids is 2. The van der Waals surface area contributed by atoms with Crippen molar-refractivity contribution >= 4 is 34.6 Å². The first-order chi connectivity index (χ1) is 17.9. The van der Waals surface area contributed by atoms with Crippen LogP contribution >= 0.6 is 0 Å². The van der Waals surface area contributed by atoms with Crippen LogP contribution in [-0.4, -0.2) is 57.8 Å². The van der Waals surface area contributed by atoms with Crippen LogP contribution in [0.15, 0.2) is 24.3 Å². The predicted octanol–water partition coefficient (Wildman–Crippen LogP) is 1.10. The van der Waals surface area contributed by atoms with Crippen molar-refractivity contribution < 1.29 is 38.8 Å². The lowest BCUT2D eigenvalue weighted by molar-refractivity contribution is -0.395. The number of carbonyl (C=O) groups is 2. The lowest BCUT2D eigenvalue weighted by Gasteiger charge is -2.30. The molecule has 2 amide bonds. The summed E-state index contributed by atoms with van der Waals surface area (Å²) in [4.78, 5) is 67.3. The number of methoxy groups -OCH3 is 2. The highest BCUT2D eigenvalue weighted by molar-refractivity contribution is 5.97. The molecule has 1 heterocycles. The third-order valence-electron chi connectivity index (χ3n) is 5.60. The van der Waals surface area contributed by atoms with E-state index in [-0.39, 0.29) is 22.6 Å². The van der Waals surface area contributed by atoms with Crippen molar-refractivity contribution in [1.82, 2.24) is 10.6 Å². The first-order valence-electron chi connectivity index (χ1n) is 10.5. The molecule has 1 saturated heterocycles. The smallest absolute Gasteiger partial charge is 0.318 e. The molecule has 2 aromatic rings. The maximum atomic E-state index is 12.8. The van der Waals surface area contributed by atoms with Gasteiger partial charge in [-0.25, -0.2) is 0 Å². The van der Waals surface area contributed by atoms with Crippen LogP contribution in [0.5, 0.6) is 11.5 Å². The topological polar surface area (TPSA) is 249 Å². The third-order valence-corrected chi connectivity index (χ3v) is 5.60. The summed E-state index contributed by atoms with van der Waals surface area (Å²) < 4.78 is 10.1. The molecule has 0 bridgehead atoms. The van der Waals surface area contributed by atoms with E-state index in [0.717, 1.165) is 26.4 Å². The molecule has 2 atom stereocenters. The summed E-state index contributed by atoms with van der Waals surface area (Å²) in [5, 5.41) is 50.0. The van der Waals surface area contributed by atoms with Crippen molar-refractivity contribution in [2.24, 2.45) is 0 Å². The minimum Gasteiger partial charge on any atom is -0.490 e. The lowest BCUT2D eigenvalue weighted by atomic mass is 9.96. The van der Waals surface area contributed by atoms with Gasteiger partial charge in [0.2, 0.25) is 23.3 Å². The number of nitrogens with one attached hydrogen (secondary N) is 2. The molecule has 18 heteroatoms. The van der Waals surface area contributed by atoms with E-state index in [1.54, 1.807) is 0 Å². The van der Waals surface area contributed by atoms with Crippen molar-refractivity contribution in [3.05, 3.63) is 75.8 Å². The van der Waals surface area contributed by atoms with E-state index in [1.165, 1.54) is 0 Å². The highest BCUT2D eigenvalue weighted by Gasteiger charge is 2.37. The number of nitrogens with zero attached hydrogens (tertiary/aromatic N) is 4. The minimum atomic E-state index is -1.32. The number of rotatable bonds is 10. The SMILES string of the molecule is COc1c(C[C@H]2NC(=O)[C@@H](Cc3cc([N+](=O)[O-])cc([N+](=O)[O-])c3OC)NC2=O)cc([N+](=O)[O-])cc1[N+](=O)[O-]. The van der Waals surface area contributed by atoms with Gasteiger partial charge in [-0.3, -0.25) is 50.0 Å². The summed E-state index contributed by atoms with van der Waals surface area (Å²) >= 11 is 0. The van der Waals surface area contributed by atoms with Gasteiger partial charge >= 0.3 is 11.4 Å². The first kappa shape index (κ1) is 27.2. The Morgan fingerprint density at radius 2 is 1.00 bits per heavy atom. The van der Waals surface area contributed by atoms with Crippen LogP contribution in [0.1, 0.15) is 11.1 Å². The standard InChI is InChI=1S/C20H18N6O12/c1-37-17-9(3-11(23(29)30)7-15(17)25(33)34)5-13-19(27)22-14(20(28)21-13)6-10-4-12(24(31)32)8-16(26(35)36)18(10)38-2/h3-4,7-8,13-14H,5-6H2,1-2H3,(H,21,28)(H,22,27)/t13-,14-/m1/s1. The average molecular weight is 534 g/mol. The predicted molar refractivity (Wildman–Crippen MR) is 124 cm³/mol. The fourth-order valence-electron chi connectivity index (χ4n) is 3.97. The van der Waals surface area contributed by atoms with Crippen molar-refractivity contribution in [2.45, 2.75) is 24.9 Å². The molecule has 2 N–H and O–H groups in total. The zero-order chi connectivity index (χ0) is 28.3. The van der Waals surface area contributed by atoms with Crippen LogP contribution < -0.4 is 20.1 Å². The van der Waals surface area contributed by atoms with Gasteiger partial charge in [0.1, 0.15) is 12.1 Å². The second kappa shape index (κ2) is 10.7. The van der Waals surface area contributed by atoms with E-state index in [0.29, 0.717) is 12.1 Å². The maximum Gasteiger partial charge on any atom is 0.318 e. The molecule has 0 unspecified atom stereocenters. The Labute approximate surface area is 211 Å². The molecule has 0 aromatic heterocycles. The van der Waals surface area contributed by atoms with E-state index < -0.39 is 79.2 Å². The number of non-ortho nitro benzene ring substituents is 2. The normalized spacial score (nSPS) is 16.7. The van der Waals surface area contributed by atoms with Gasteiger partial charge in [0, 0.05) is 36.1 Å². The van der Waals surface area contributed by atoms with Crippen molar-refractivity contribution in [1.29, 1.82) is 0 Å². The van der Waals surface area contributed by atoms with Gasteiger partial charge in [0.25, 0.3) is 11.4 Å². The molecule has 1 fully saturated rings. The molecule has 2 aromatic carbocycles. The number of hydrogen-bond donors (Lipinski definition) is 2. The zero-order valence-corrected chi connectivity index (χ0v) is 19.6. The van der Waals surface area contributed by atoms with Gasteiger partial charge in [-0.2, -0.15) is 0 Å². The highest BCUT2D eigenvalue weighted by atomic mass is 16.6. The summed E-state index contributed by atoms with van der Waals surface area (Å²) in [6, 6.07) is 0.702. The van der Waals surface area contributed by atoms with Crippen LogP contribution in [0, 0.1) is 40.5 Å². The molecule has 0 radical (unpaired) electrons. The Morgan fingerprint density at radius 3 is 1.26 bits per heavy atom. The minimum absolute atomic E-state index is 0.0942. The van der Waals surface area contributed by atoms with E-state index in [2.05, 4.69) is 10.6 Å². The molecule has 200 valence electrons. The number of amides is 2. The molecule has 3 rings (SSSR count). The summed E-state index contributed by atoms with van der Waals surface area (Å²) in [6.07, 6.45) is -0.830. The third kappa shape index (κ3) is 5.37. The Hall–Kier alpha value is -5.42. The number of hydrogen-bond acceptors (Lipinski definition) is 12. The Balaban J connectivity index is 1.90.